The molecule has 0 bridgehead atoms. The molecule has 2 aromatic rings. The van der Waals surface area contributed by atoms with E-state index in [9.17, 15) is 8.42 Å². The molecule has 0 saturated heterocycles. The molecule has 0 fully saturated rings. The molecular weight excluding hydrogens is 300 g/mol. The molecule has 0 aliphatic heterocycles. The summed E-state index contributed by atoms with van der Waals surface area (Å²) in [4.78, 5) is 9.44. The van der Waals surface area contributed by atoms with Crippen molar-refractivity contribution < 1.29 is 8.42 Å². The van der Waals surface area contributed by atoms with Gasteiger partial charge in [-0.3, -0.25) is 4.99 Å². The van der Waals surface area contributed by atoms with E-state index in [1.54, 1.807) is 6.34 Å². The highest BCUT2D eigenvalue weighted by Crippen LogP contribution is 2.21. The summed E-state index contributed by atoms with van der Waals surface area (Å²) in [7, 11) is 2.04. The van der Waals surface area contributed by atoms with Crippen LogP contribution in [0, 0.1) is 0 Å². The average Bonchev–Trinajstić information content (AvgIpc) is 2.85. The zero-order chi connectivity index (χ0) is 16.2. The molecule has 120 valence electrons. The molecule has 2 rings (SSSR count). The van der Waals surface area contributed by atoms with E-state index in [-0.39, 0.29) is 5.75 Å². The third-order valence-electron chi connectivity index (χ3n) is 3.32. The number of hydrogen-bond donors (Lipinski definition) is 2. The van der Waals surface area contributed by atoms with Crippen molar-refractivity contribution in [3.8, 4) is 0 Å². The Labute approximate surface area is 131 Å². The maximum atomic E-state index is 11.7. The molecule has 7 heteroatoms. The maximum Gasteiger partial charge on any atom is 0.215 e. The van der Waals surface area contributed by atoms with Crippen LogP contribution in [0.2, 0.25) is 0 Å². The molecule has 0 atom stereocenters. The average molecular weight is 322 g/mol. The zero-order valence-electron chi connectivity index (χ0n) is 13.1. The van der Waals surface area contributed by atoms with E-state index in [1.807, 2.05) is 43.4 Å². The Balaban J connectivity index is 2.18. The van der Waals surface area contributed by atoms with Gasteiger partial charge in [-0.1, -0.05) is 6.07 Å². The lowest BCUT2D eigenvalue weighted by Gasteiger charge is -2.04. The van der Waals surface area contributed by atoms with Crippen molar-refractivity contribution in [2.75, 3.05) is 27.7 Å². The molecule has 0 unspecified atom stereocenters. The third kappa shape index (κ3) is 4.32. The molecule has 1 heterocycles. The maximum absolute atomic E-state index is 11.7. The van der Waals surface area contributed by atoms with Crippen molar-refractivity contribution in [3.05, 3.63) is 35.5 Å². The van der Waals surface area contributed by atoms with Gasteiger partial charge in [0.05, 0.1) is 12.1 Å². The summed E-state index contributed by atoms with van der Waals surface area (Å²) in [6, 6.07) is 5.69. The van der Waals surface area contributed by atoms with Gasteiger partial charge >= 0.3 is 0 Å². The van der Waals surface area contributed by atoms with E-state index in [0.29, 0.717) is 6.54 Å². The second-order valence-corrected chi connectivity index (χ2v) is 7.32. The van der Waals surface area contributed by atoms with Crippen LogP contribution in [0.15, 0.2) is 29.4 Å². The highest BCUT2D eigenvalue weighted by atomic mass is 32.2. The fourth-order valence-electron chi connectivity index (χ4n) is 2.22. The molecule has 0 aliphatic carbocycles. The van der Waals surface area contributed by atoms with Crippen molar-refractivity contribution >= 4 is 27.3 Å². The lowest BCUT2D eigenvalue weighted by molar-refractivity contribution is 0.587. The first-order chi connectivity index (χ1) is 10.4. The number of aromatic nitrogens is 1. The number of rotatable bonds is 7. The van der Waals surface area contributed by atoms with Crippen molar-refractivity contribution in [3.63, 3.8) is 0 Å². The van der Waals surface area contributed by atoms with Gasteiger partial charge in [0.2, 0.25) is 10.0 Å². The summed E-state index contributed by atoms with van der Waals surface area (Å²) in [6.07, 6.45) is 4.57. The van der Waals surface area contributed by atoms with Crippen molar-refractivity contribution in [1.82, 2.24) is 14.6 Å². The molecule has 0 amide bonds. The first-order valence-corrected chi connectivity index (χ1v) is 8.73. The van der Waals surface area contributed by atoms with Crippen molar-refractivity contribution in [2.24, 2.45) is 4.99 Å². The van der Waals surface area contributed by atoms with Gasteiger partial charge in [0.25, 0.3) is 0 Å². The van der Waals surface area contributed by atoms with Gasteiger partial charge in [-0.2, -0.15) is 0 Å². The van der Waals surface area contributed by atoms with E-state index in [0.717, 1.165) is 28.5 Å². The number of fused-ring (bicyclic) bond motifs is 1. The normalized spacial score (nSPS) is 12.3. The van der Waals surface area contributed by atoms with E-state index in [2.05, 4.69) is 14.7 Å². The van der Waals surface area contributed by atoms with E-state index < -0.39 is 10.0 Å². The van der Waals surface area contributed by atoms with Crippen LogP contribution in [0.5, 0.6) is 0 Å². The van der Waals surface area contributed by atoms with Crippen LogP contribution in [-0.2, 0) is 22.2 Å². The minimum atomic E-state index is -3.26. The fraction of sp³-hybridized carbons (Fsp3) is 0.400. The Bertz CT molecular complexity index is 763. The molecule has 2 N–H and O–H groups in total. The SMILES string of the molecule is CNS(=O)(=O)Cc1ccc2[nH]cc(CCN=CN(C)C)c2c1. The van der Waals surface area contributed by atoms with Crippen molar-refractivity contribution in [1.29, 1.82) is 0 Å². The topological polar surface area (TPSA) is 77.6 Å². The number of aromatic amines is 1. The molecule has 1 aromatic carbocycles. The summed E-state index contributed by atoms with van der Waals surface area (Å²) in [5, 5.41) is 1.06. The number of benzene rings is 1. The number of H-pyrrole nitrogens is 1. The van der Waals surface area contributed by atoms with E-state index in [4.69, 9.17) is 0 Å². The lowest BCUT2D eigenvalue weighted by Crippen LogP contribution is -2.20. The molecule has 0 spiro atoms. The second kappa shape index (κ2) is 6.93. The number of nitrogens with zero attached hydrogens (tertiary/aromatic N) is 2. The minimum Gasteiger partial charge on any atom is -0.369 e. The third-order valence-corrected chi connectivity index (χ3v) is 4.66. The molecule has 1 aromatic heterocycles. The van der Waals surface area contributed by atoms with Crippen LogP contribution in [0.25, 0.3) is 10.9 Å². The monoisotopic (exact) mass is 322 g/mol. The molecular formula is C15H22N4O2S. The molecule has 0 radical (unpaired) electrons. The summed E-state index contributed by atoms with van der Waals surface area (Å²) < 4.78 is 25.7. The summed E-state index contributed by atoms with van der Waals surface area (Å²) in [5.74, 6) is -0.0111. The van der Waals surface area contributed by atoms with Gasteiger partial charge in [0.15, 0.2) is 0 Å². The first-order valence-electron chi connectivity index (χ1n) is 7.08. The van der Waals surface area contributed by atoms with Crippen LogP contribution >= 0.6 is 0 Å². The molecule has 6 nitrogen and oxygen atoms in total. The number of aliphatic imine (C=N–C) groups is 1. The Morgan fingerprint density at radius 3 is 2.82 bits per heavy atom. The van der Waals surface area contributed by atoms with Crippen LogP contribution < -0.4 is 4.72 Å². The number of nitrogens with one attached hydrogen (secondary N) is 2. The van der Waals surface area contributed by atoms with Gasteiger partial charge in [-0.15, -0.1) is 0 Å². The molecule has 22 heavy (non-hydrogen) atoms. The number of hydrogen-bond acceptors (Lipinski definition) is 3. The van der Waals surface area contributed by atoms with Gasteiger partial charge < -0.3 is 9.88 Å². The molecule has 0 aliphatic rings. The predicted octanol–water partition coefficient (Wildman–Crippen LogP) is 1.35. The minimum absolute atomic E-state index is 0.0111. The standard InChI is InChI=1S/C15H22N4O2S/c1-16-22(20,21)10-12-4-5-15-14(8-12)13(9-18-15)6-7-17-11-19(2)3/h4-5,8-9,11,16,18H,6-7,10H2,1-3H3. The quantitative estimate of drug-likeness (QED) is 0.597. The summed E-state index contributed by atoms with van der Waals surface area (Å²) >= 11 is 0. The smallest absolute Gasteiger partial charge is 0.215 e. The van der Waals surface area contributed by atoms with Crippen LogP contribution in [0.1, 0.15) is 11.1 Å². The zero-order valence-corrected chi connectivity index (χ0v) is 13.9. The van der Waals surface area contributed by atoms with Gasteiger partial charge in [-0.25, -0.2) is 13.1 Å². The Morgan fingerprint density at radius 1 is 1.36 bits per heavy atom. The van der Waals surface area contributed by atoms with Crippen molar-refractivity contribution in [2.45, 2.75) is 12.2 Å². The number of sulfonamides is 1. The fourth-order valence-corrected chi connectivity index (χ4v) is 2.98. The van der Waals surface area contributed by atoms with E-state index >= 15 is 0 Å². The van der Waals surface area contributed by atoms with Crippen LogP contribution in [0.3, 0.4) is 0 Å². The Morgan fingerprint density at radius 2 is 2.14 bits per heavy atom. The lowest BCUT2D eigenvalue weighted by atomic mass is 10.1. The highest BCUT2D eigenvalue weighted by molar-refractivity contribution is 7.88. The highest BCUT2D eigenvalue weighted by Gasteiger charge is 2.10. The van der Waals surface area contributed by atoms with Crippen LogP contribution in [0.4, 0.5) is 0 Å². The summed E-state index contributed by atoms with van der Waals surface area (Å²) in [6.45, 7) is 0.699. The van der Waals surface area contributed by atoms with Gasteiger partial charge in [0, 0.05) is 37.7 Å². The van der Waals surface area contributed by atoms with Gasteiger partial charge in [-0.05, 0) is 36.7 Å². The van der Waals surface area contributed by atoms with Gasteiger partial charge in [0.1, 0.15) is 0 Å². The van der Waals surface area contributed by atoms with E-state index in [1.165, 1.54) is 7.05 Å². The first kappa shape index (κ1) is 16.5. The predicted molar refractivity (Wildman–Crippen MR) is 90.7 cm³/mol. The molecule has 0 saturated carbocycles. The summed E-state index contributed by atoms with van der Waals surface area (Å²) in [5.41, 5.74) is 2.94. The Hall–Kier alpha value is -1.86. The van der Waals surface area contributed by atoms with Crippen LogP contribution in [-0.4, -0.2) is 52.3 Å². The largest absolute Gasteiger partial charge is 0.369 e. The second-order valence-electron chi connectivity index (χ2n) is 5.39. The Kier molecular flexibility index (Phi) is 5.20.